The topological polar surface area (TPSA) is 163 Å². The van der Waals surface area contributed by atoms with E-state index in [4.69, 9.17) is 20.4 Å². The van der Waals surface area contributed by atoms with E-state index in [9.17, 15) is 18.5 Å². The number of nitrogens with zero attached hydrogens (tertiary/aromatic N) is 3. The van der Waals surface area contributed by atoms with Crippen LogP contribution in [0, 0.1) is 16.7 Å². The molecule has 0 saturated carbocycles. The van der Waals surface area contributed by atoms with Crippen molar-refractivity contribution < 1.29 is 22.1 Å². The third-order valence-corrected chi connectivity index (χ3v) is 4.88. The molecule has 1 aromatic heterocycles. The van der Waals surface area contributed by atoms with E-state index in [0.29, 0.717) is 11.5 Å². The number of carbonyl (C=O) groups is 1. The van der Waals surface area contributed by atoms with E-state index in [1.165, 1.54) is 22.9 Å². The predicted octanol–water partition coefficient (Wildman–Crippen LogP) is 0.435. The second kappa shape index (κ2) is 6.22. The van der Waals surface area contributed by atoms with Gasteiger partial charge in [-0.3, -0.25) is 4.79 Å². The lowest BCUT2D eigenvalue weighted by atomic mass is 9.79. The van der Waals surface area contributed by atoms with E-state index in [0.717, 1.165) is 6.26 Å². The summed E-state index contributed by atoms with van der Waals surface area (Å²) in [6.45, 7) is 3.80. The van der Waals surface area contributed by atoms with Crippen LogP contribution in [0.25, 0.3) is 5.70 Å². The molecule has 148 valence electrons. The number of carbonyl (C=O) groups excluding carboxylic acids is 1. The lowest BCUT2D eigenvalue weighted by Crippen LogP contribution is -2.42. The lowest BCUT2D eigenvalue weighted by Gasteiger charge is -2.40. The molecule has 0 radical (unpaired) electrons. The van der Waals surface area contributed by atoms with Gasteiger partial charge in [0.2, 0.25) is 5.60 Å². The molecule has 2 heterocycles. The highest BCUT2D eigenvalue weighted by molar-refractivity contribution is 7.86. The molecule has 28 heavy (non-hydrogen) atoms. The van der Waals surface area contributed by atoms with E-state index in [2.05, 4.69) is 4.99 Å². The summed E-state index contributed by atoms with van der Waals surface area (Å²) in [5.41, 5.74) is 8.75. The normalized spacial score (nSPS) is 22.5. The van der Waals surface area contributed by atoms with Crippen molar-refractivity contribution >= 4 is 27.7 Å². The summed E-state index contributed by atoms with van der Waals surface area (Å²) in [5.74, 6) is -0.704. The number of aliphatic imine (C=N–C) groups is 1. The van der Waals surface area contributed by atoms with Gasteiger partial charge in [-0.05, 0) is 26.0 Å². The number of amides is 1. The van der Waals surface area contributed by atoms with E-state index in [1.807, 2.05) is 19.9 Å². The summed E-state index contributed by atoms with van der Waals surface area (Å²) < 4.78 is 36.3. The first-order valence-corrected chi connectivity index (χ1v) is 9.96. The first-order chi connectivity index (χ1) is 12.9. The molecule has 1 aliphatic carbocycles. The lowest BCUT2D eigenvalue weighted by molar-refractivity contribution is 0.100. The Bertz CT molecular complexity index is 1100. The molecule has 0 aromatic carbocycles. The van der Waals surface area contributed by atoms with Crippen molar-refractivity contribution in [2.45, 2.75) is 26.1 Å². The molecule has 1 amide bonds. The van der Waals surface area contributed by atoms with E-state index < -0.39 is 27.0 Å². The number of hydrogen-bond donors (Lipinski definition) is 2. The van der Waals surface area contributed by atoms with Crippen LogP contribution in [0.15, 0.2) is 35.2 Å². The van der Waals surface area contributed by atoms with Crippen LogP contribution in [-0.4, -0.2) is 36.7 Å². The smallest absolute Gasteiger partial charge is 0.281 e. The molecule has 0 saturated heterocycles. The maximum atomic E-state index is 12.2. The number of ether oxygens (including phenoxy) is 1. The van der Waals surface area contributed by atoms with Gasteiger partial charge in [-0.15, -0.1) is 0 Å². The van der Waals surface area contributed by atoms with Gasteiger partial charge in [0.1, 0.15) is 24.1 Å². The van der Waals surface area contributed by atoms with Crippen LogP contribution >= 0.6 is 0 Å². The van der Waals surface area contributed by atoms with Gasteiger partial charge in [0, 0.05) is 11.6 Å². The molecule has 1 atom stereocenters. The largest absolute Gasteiger partial charge is 0.489 e. The number of aromatic nitrogens is 1. The second-order valence-electron chi connectivity index (χ2n) is 7.09. The zero-order valence-corrected chi connectivity index (χ0v) is 16.3. The van der Waals surface area contributed by atoms with Crippen LogP contribution in [0.2, 0.25) is 0 Å². The molecule has 4 N–H and O–H groups in total. The molecule has 1 aliphatic heterocycles. The Balaban J connectivity index is 2.25. The van der Waals surface area contributed by atoms with Gasteiger partial charge in [-0.25, -0.2) is 4.18 Å². The van der Waals surface area contributed by atoms with Crippen molar-refractivity contribution in [3.8, 4) is 6.07 Å². The quantitative estimate of drug-likeness (QED) is 0.316. The van der Waals surface area contributed by atoms with Crippen LogP contribution in [0.4, 0.5) is 0 Å². The Hall–Kier alpha value is -3.10. The Labute approximate surface area is 161 Å². The SMILES string of the molecule is CC1(C)C=CC(C#N)(OS(C)(=O)=O)C2=C1OCc1cc(C(=O)N=C(N)N)cn12. The first kappa shape index (κ1) is 19.7. The van der Waals surface area contributed by atoms with Gasteiger partial charge in [-0.1, -0.05) is 6.08 Å². The molecular weight excluding hydrogens is 386 g/mol. The minimum absolute atomic E-state index is 0.103. The van der Waals surface area contributed by atoms with Crippen molar-refractivity contribution in [1.82, 2.24) is 4.57 Å². The highest BCUT2D eigenvalue weighted by atomic mass is 32.2. The Morgan fingerprint density at radius 3 is 2.64 bits per heavy atom. The van der Waals surface area contributed by atoms with Gasteiger partial charge < -0.3 is 20.8 Å². The molecule has 0 bridgehead atoms. The number of guanidine groups is 1. The fourth-order valence-electron chi connectivity index (χ4n) is 3.18. The average Bonchev–Trinajstić information content (AvgIpc) is 3.00. The minimum atomic E-state index is -4.01. The van der Waals surface area contributed by atoms with Crippen molar-refractivity contribution in [2.24, 2.45) is 21.9 Å². The van der Waals surface area contributed by atoms with Crippen molar-refractivity contribution in [3.63, 3.8) is 0 Å². The fourth-order valence-corrected chi connectivity index (χ4v) is 3.83. The summed E-state index contributed by atoms with van der Waals surface area (Å²) in [5, 5.41) is 9.86. The van der Waals surface area contributed by atoms with Gasteiger partial charge in [0.05, 0.1) is 17.5 Å². The summed E-state index contributed by atoms with van der Waals surface area (Å²) in [6.07, 6.45) is 5.31. The third kappa shape index (κ3) is 3.28. The van der Waals surface area contributed by atoms with Crippen LogP contribution in [0.5, 0.6) is 0 Å². The number of fused-ring (bicyclic) bond motifs is 2. The molecule has 0 fully saturated rings. The molecule has 3 rings (SSSR count). The van der Waals surface area contributed by atoms with Crippen LogP contribution < -0.4 is 11.5 Å². The molecule has 0 spiro atoms. The predicted molar refractivity (Wildman–Crippen MR) is 99.8 cm³/mol. The zero-order chi connectivity index (χ0) is 20.9. The Kier molecular flexibility index (Phi) is 4.36. The minimum Gasteiger partial charge on any atom is -0.489 e. The summed E-state index contributed by atoms with van der Waals surface area (Å²) in [6, 6.07) is 3.43. The first-order valence-electron chi connectivity index (χ1n) is 8.14. The maximum absolute atomic E-state index is 12.2. The summed E-state index contributed by atoms with van der Waals surface area (Å²) >= 11 is 0. The summed E-state index contributed by atoms with van der Waals surface area (Å²) in [7, 11) is -4.01. The van der Waals surface area contributed by atoms with Crippen molar-refractivity contribution in [2.75, 3.05) is 6.26 Å². The number of nitriles is 1. The molecule has 1 aromatic rings. The number of allylic oxidation sites excluding steroid dienone is 1. The highest BCUT2D eigenvalue weighted by Crippen LogP contribution is 2.47. The van der Waals surface area contributed by atoms with Crippen molar-refractivity contribution in [3.05, 3.63) is 41.4 Å². The van der Waals surface area contributed by atoms with E-state index in [-0.39, 0.29) is 23.8 Å². The van der Waals surface area contributed by atoms with E-state index in [1.54, 1.807) is 6.08 Å². The van der Waals surface area contributed by atoms with Crippen molar-refractivity contribution in [1.29, 1.82) is 5.26 Å². The monoisotopic (exact) mass is 405 g/mol. The number of nitrogens with two attached hydrogens (primary N) is 2. The molecule has 11 heteroatoms. The average molecular weight is 405 g/mol. The zero-order valence-electron chi connectivity index (χ0n) is 15.5. The van der Waals surface area contributed by atoms with Crippen LogP contribution in [0.3, 0.4) is 0 Å². The number of rotatable bonds is 3. The maximum Gasteiger partial charge on any atom is 0.281 e. The second-order valence-corrected chi connectivity index (χ2v) is 8.66. The van der Waals surface area contributed by atoms with Crippen LogP contribution in [-0.2, 0) is 25.6 Å². The molecule has 1 unspecified atom stereocenters. The fraction of sp³-hybridized carbons (Fsp3) is 0.353. The molecule has 10 nitrogen and oxygen atoms in total. The third-order valence-electron chi connectivity index (χ3n) is 4.32. The molecular formula is C17H19N5O5S. The van der Waals surface area contributed by atoms with E-state index >= 15 is 0 Å². The highest BCUT2D eigenvalue weighted by Gasteiger charge is 2.49. The number of hydrogen-bond acceptors (Lipinski definition) is 6. The summed E-state index contributed by atoms with van der Waals surface area (Å²) in [4.78, 5) is 15.7. The van der Waals surface area contributed by atoms with Gasteiger partial charge >= 0.3 is 0 Å². The molecule has 2 aliphatic rings. The van der Waals surface area contributed by atoms with Crippen LogP contribution in [0.1, 0.15) is 29.9 Å². The standard InChI is InChI=1S/C17H19N5O5S/c1-16(2)4-5-17(9-18,27-28(3,24)25)12-13(16)26-8-11-6-10(7-22(11)12)14(23)21-15(19)20/h4-7H,8H2,1-3H3,(H4,19,20,21,23). The Morgan fingerprint density at radius 1 is 1.39 bits per heavy atom. The van der Waals surface area contributed by atoms with Gasteiger partial charge in [0.25, 0.3) is 16.0 Å². The Morgan fingerprint density at radius 2 is 2.07 bits per heavy atom. The van der Waals surface area contributed by atoms with Gasteiger partial charge in [0.15, 0.2) is 5.96 Å². The van der Waals surface area contributed by atoms with Gasteiger partial charge in [-0.2, -0.15) is 18.7 Å².